The topological polar surface area (TPSA) is 125 Å². The number of phosphoric acid groups is 1. The zero-order valence-electron chi connectivity index (χ0n) is 10.8. The third kappa shape index (κ3) is 10.1. The normalized spacial score (nSPS) is 16.6. The SMILES string of the molecule is O=P(O)(O)OC1=CC=NC=CN=CC=NC=CN=CCO1. The number of hydrogen-bond acceptors (Lipinski definition) is 7. The molecule has 0 amide bonds. The van der Waals surface area contributed by atoms with E-state index in [1.165, 1.54) is 49.7 Å². The van der Waals surface area contributed by atoms with E-state index >= 15 is 0 Å². The van der Waals surface area contributed by atoms with Gasteiger partial charge >= 0.3 is 7.82 Å². The molecule has 1 rings (SSSR count). The molecule has 0 unspecified atom stereocenters. The third-order valence-corrected chi connectivity index (χ3v) is 2.05. The molecule has 0 fully saturated rings. The average molecular weight is 312 g/mol. The molecule has 0 aliphatic carbocycles. The summed E-state index contributed by atoms with van der Waals surface area (Å²) in [7, 11) is -4.71. The molecule has 0 aromatic rings. The number of ether oxygens (including phenoxy) is 1. The summed E-state index contributed by atoms with van der Waals surface area (Å²) in [5, 5.41) is 0. The molecule has 1 aliphatic rings. The van der Waals surface area contributed by atoms with Gasteiger partial charge in [-0.1, -0.05) is 0 Å². The Morgan fingerprint density at radius 1 is 1.00 bits per heavy atom. The van der Waals surface area contributed by atoms with Crippen molar-refractivity contribution in [3.8, 4) is 0 Å². The average Bonchev–Trinajstić information content (AvgIpc) is 2.39. The predicted octanol–water partition coefficient (Wildman–Crippen LogP) is 1.19. The number of aliphatic imine (C=N–C) groups is 4. The number of allylic oxidation sites excluding steroid dienone is 1. The molecule has 0 aromatic heterocycles. The van der Waals surface area contributed by atoms with Crippen molar-refractivity contribution in [2.45, 2.75) is 0 Å². The summed E-state index contributed by atoms with van der Waals surface area (Å²) >= 11 is 0. The van der Waals surface area contributed by atoms with Crippen LogP contribution in [0.2, 0.25) is 0 Å². The lowest BCUT2D eigenvalue weighted by Crippen LogP contribution is -2.00. The molecule has 0 spiro atoms. The maximum Gasteiger partial charge on any atom is 0.527 e. The van der Waals surface area contributed by atoms with E-state index in [9.17, 15) is 4.57 Å². The van der Waals surface area contributed by atoms with Crippen LogP contribution >= 0.6 is 7.82 Å². The quantitative estimate of drug-likeness (QED) is 0.741. The Hall–Kier alpha value is -2.35. The Balaban J connectivity index is 2.82. The van der Waals surface area contributed by atoms with E-state index in [4.69, 9.17) is 14.5 Å². The Morgan fingerprint density at radius 2 is 1.57 bits per heavy atom. The van der Waals surface area contributed by atoms with Gasteiger partial charge in [0, 0.05) is 55.7 Å². The summed E-state index contributed by atoms with van der Waals surface area (Å²) in [6.45, 7) is -0.0506. The summed E-state index contributed by atoms with van der Waals surface area (Å²) in [4.78, 5) is 32.8. The van der Waals surface area contributed by atoms with Crippen molar-refractivity contribution < 1.29 is 23.6 Å². The minimum absolute atomic E-state index is 0.0506. The van der Waals surface area contributed by atoms with E-state index in [0.717, 1.165) is 6.08 Å². The maximum atomic E-state index is 10.8. The number of phosphoric ester groups is 1. The van der Waals surface area contributed by atoms with E-state index in [-0.39, 0.29) is 12.6 Å². The highest BCUT2D eigenvalue weighted by Crippen LogP contribution is 2.38. The third-order valence-electron chi connectivity index (χ3n) is 1.63. The number of hydrogen-bond donors (Lipinski definition) is 2. The Labute approximate surface area is 120 Å². The first kappa shape index (κ1) is 16.7. The highest BCUT2D eigenvalue weighted by Gasteiger charge is 2.18. The molecule has 0 aromatic carbocycles. The first-order valence-corrected chi connectivity index (χ1v) is 7.09. The first-order valence-electron chi connectivity index (χ1n) is 5.56. The molecule has 0 radical (unpaired) electrons. The van der Waals surface area contributed by atoms with Crippen LogP contribution in [0.25, 0.3) is 0 Å². The van der Waals surface area contributed by atoms with Gasteiger partial charge in [0.05, 0.1) is 0 Å². The molecule has 0 atom stereocenters. The van der Waals surface area contributed by atoms with Crippen LogP contribution in [0, 0.1) is 0 Å². The summed E-state index contributed by atoms with van der Waals surface area (Å²) < 4.78 is 20.1. The molecule has 2 N–H and O–H groups in total. The molecule has 10 heteroatoms. The minimum atomic E-state index is -4.71. The highest BCUT2D eigenvalue weighted by atomic mass is 31.2. The molecule has 0 bridgehead atoms. The fourth-order valence-electron chi connectivity index (χ4n) is 0.929. The Bertz CT molecular complexity index is 571. The minimum Gasteiger partial charge on any atom is -0.459 e. The molecule has 0 saturated carbocycles. The molecule has 1 aliphatic heterocycles. The lowest BCUT2D eigenvalue weighted by atomic mass is 10.6. The monoisotopic (exact) mass is 312 g/mol. The highest BCUT2D eigenvalue weighted by molar-refractivity contribution is 7.46. The lowest BCUT2D eigenvalue weighted by molar-refractivity contribution is 0.106. The van der Waals surface area contributed by atoms with Crippen LogP contribution in [0.3, 0.4) is 0 Å². The predicted molar refractivity (Wildman–Crippen MR) is 79.4 cm³/mol. The van der Waals surface area contributed by atoms with Gasteiger partial charge in [-0.2, -0.15) is 0 Å². The first-order chi connectivity index (χ1) is 10.1. The van der Waals surface area contributed by atoms with Gasteiger partial charge in [-0.25, -0.2) is 4.57 Å². The summed E-state index contributed by atoms with van der Waals surface area (Å²) in [6.07, 6.45) is 12.3. The molecule has 0 saturated heterocycles. The lowest BCUT2D eigenvalue weighted by Gasteiger charge is -2.09. The van der Waals surface area contributed by atoms with E-state index < -0.39 is 7.82 Å². The van der Waals surface area contributed by atoms with E-state index in [2.05, 4.69) is 24.5 Å². The van der Waals surface area contributed by atoms with Crippen molar-refractivity contribution in [3.05, 3.63) is 36.8 Å². The van der Waals surface area contributed by atoms with Gasteiger partial charge in [0.15, 0.2) is 0 Å². The van der Waals surface area contributed by atoms with E-state index in [1.54, 1.807) is 0 Å². The fraction of sp³-hybridized carbons (Fsp3) is 0.0909. The van der Waals surface area contributed by atoms with Crippen molar-refractivity contribution in [2.24, 2.45) is 20.0 Å². The van der Waals surface area contributed by atoms with Crippen molar-refractivity contribution in [1.82, 2.24) is 0 Å². The van der Waals surface area contributed by atoms with Crippen LogP contribution in [0.15, 0.2) is 56.8 Å². The zero-order valence-corrected chi connectivity index (χ0v) is 11.7. The number of nitrogens with zero attached hydrogens (tertiary/aromatic N) is 4. The molecular weight excluding hydrogens is 299 g/mol. The standard InChI is InChI=1S/C11H13N4O5P/c16-21(17,18)20-11-1-2-12-3-4-13-5-6-14-7-8-15-9-10-19-11/h1-9H,10H2,(H2,16,17,18). The maximum absolute atomic E-state index is 10.8. The zero-order chi connectivity index (χ0) is 15.4. The molecular formula is C11H13N4O5P. The molecule has 1 heterocycles. The Kier molecular flexibility index (Phi) is 7.59. The van der Waals surface area contributed by atoms with Gasteiger partial charge in [0.2, 0.25) is 0 Å². The largest absolute Gasteiger partial charge is 0.527 e. The van der Waals surface area contributed by atoms with Crippen LogP contribution in [0.5, 0.6) is 0 Å². The Morgan fingerprint density at radius 3 is 2.19 bits per heavy atom. The second kappa shape index (κ2) is 9.54. The summed E-state index contributed by atoms with van der Waals surface area (Å²) in [5.41, 5.74) is 0. The van der Waals surface area contributed by atoms with E-state index in [0.29, 0.717) is 0 Å². The molecule has 21 heavy (non-hydrogen) atoms. The van der Waals surface area contributed by atoms with Gasteiger partial charge in [-0.15, -0.1) is 0 Å². The summed E-state index contributed by atoms with van der Waals surface area (Å²) in [6, 6.07) is 0. The molecule has 112 valence electrons. The van der Waals surface area contributed by atoms with E-state index in [1.807, 2.05) is 0 Å². The van der Waals surface area contributed by atoms with Crippen molar-refractivity contribution in [3.63, 3.8) is 0 Å². The molecule has 9 nitrogen and oxygen atoms in total. The van der Waals surface area contributed by atoms with Crippen LogP contribution in [0.4, 0.5) is 0 Å². The van der Waals surface area contributed by atoms with Crippen LogP contribution < -0.4 is 0 Å². The van der Waals surface area contributed by atoms with Crippen molar-refractivity contribution in [2.75, 3.05) is 6.61 Å². The second-order valence-corrected chi connectivity index (χ2v) is 4.36. The number of rotatable bonds is 2. The van der Waals surface area contributed by atoms with Gasteiger partial charge in [0.25, 0.3) is 5.95 Å². The van der Waals surface area contributed by atoms with Crippen molar-refractivity contribution >= 4 is 32.7 Å². The summed E-state index contributed by atoms with van der Waals surface area (Å²) in [5.74, 6) is -0.385. The van der Waals surface area contributed by atoms with Gasteiger partial charge in [-0.3, -0.25) is 29.8 Å². The van der Waals surface area contributed by atoms with Gasteiger partial charge < -0.3 is 9.26 Å². The second-order valence-electron chi connectivity index (χ2n) is 3.20. The van der Waals surface area contributed by atoms with Gasteiger partial charge in [-0.05, 0) is 0 Å². The van der Waals surface area contributed by atoms with Crippen LogP contribution in [-0.4, -0.2) is 41.3 Å². The van der Waals surface area contributed by atoms with Crippen LogP contribution in [-0.2, 0) is 13.8 Å². The fourth-order valence-corrected chi connectivity index (χ4v) is 1.28. The van der Waals surface area contributed by atoms with Crippen LogP contribution in [0.1, 0.15) is 0 Å². The van der Waals surface area contributed by atoms with Crippen molar-refractivity contribution in [1.29, 1.82) is 0 Å². The van der Waals surface area contributed by atoms with Gasteiger partial charge in [0.1, 0.15) is 6.61 Å². The smallest absolute Gasteiger partial charge is 0.459 e.